The molecule has 3 rings (SSSR count). The van der Waals surface area contributed by atoms with Crippen LogP contribution in [0.1, 0.15) is 36.0 Å². The lowest BCUT2D eigenvalue weighted by Crippen LogP contribution is -2.21. The molecule has 5 nitrogen and oxygen atoms in total. The fraction of sp³-hybridized carbons (Fsp3) is 0.385. The number of fused-ring (bicyclic) bond motifs is 1. The molecule has 1 atom stereocenters. The van der Waals surface area contributed by atoms with Gasteiger partial charge in [0.1, 0.15) is 17.5 Å². The number of carboxylic acids is 1. The first-order valence-corrected chi connectivity index (χ1v) is 6.05. The van der Waals surface area contributed by atoms with Gasteiger partial charge in [0.15, 0.2) is 0 Å². The summed E-state index contributed by atoms with van der Waals surface area (Å²) < 4.78 is 7.24. The van der Waals surface area contributed by atoms with E-state index in [9.17, 15) is 9.90 Å². The smallest absolute Gasteiger partial charge is 0.314 e. The summed E-state index contributed by atoms with van der Waals surface area (Å²) in [4.78, 5) is 15.6. The Hall–Kier alpha value is -2.04. The number of nitrogens with zero attached hydrogens (tertiary/aromatic N) is 2. The second kappa shape index (κ2) is 4.33. The summed E-state index contributed by atoms with van der Waals surface area (Å²) in [5.41, 5.74) is 0.869. The fourth-order valence-corrected chi connectivity index (χ4v) is 2.45. The van der Waals surface area contributed by atoms with Gasteiger partial charge in [-0.2, -0.15) is 0 Å². The van der Waals surface area contributed by atoms with E-state index in [2.05, 4.69) is 4.98 Å². The quantitative estimate of drug-likeness (QED) is 0.899. The fourth-order valence-electron chi connectivity index (χ4n) is 2.45. The molecule has 94 valence electrons. The van der Waals surface area contributed by atoms with E-state index in [0.29, 0.717) is 18.7 Å². The Balaban J connectivity index is 1.89. The molecule has 0 spiro atoms. The second-order valence-corrected chi connectivity index (χ2v) is 4.57. The molecule has 0 saturated heterocycles. The van der Waals surface area contributed by atoms with Gasteiger partial charge in [0.05, 0.1) is 12.0 Å². The first kappa shape index (κ1) is 11.1. The van der Waals surface area contributed by atoms with E-state index in [0.717, 1.165) is 24.4 Å². The molecule has 0 aromatic carbocycles. The highest BCUT2D eigenvalue weighted by Crippen LogP contribution is 2.27. The van der Waals surface area contributed by atoms with Gasteiger partial charge in [-0.25, -0.2) is 4.98 Å². The summed E-state index contributed by atoms with van der Waals surface area (Å²) in [6.07, 6.45) is 5.74. The van der Waals surface area contributed by atoms with Gasteiger partial charge >= 0.3 is 5.97 Å². The lowest BCUT2D eigenvalue weighted by Gasteiger charge is -2.19. The van der Waals surface area contributed by atoms with Crippen LogP contribution in [0.5, 0.6) is 0 Å². The van der Waals surface area contributed by atoms with Gasteiger partial charge in [-0.15, -0.1) is 0 Å². The van der Waals surface area contributed by atoms with Crippen LogP contribution in [0.3, 0.4) is 0 Å². The van der Waals surface area contributed by atoms with Crippen molar-refractivity contribution in [1.29, 1.82) is 0 Å². The van der Waals surface area contributed by atoms with Gasteiger partial charge in [0.25, 0.3) is 0 Å². The molecule has 0 fully saturated rings. The number of furan rings is 1. The van der Waals surface area contributed by atoms with Crippen molar-refractivity contribution >= 4 is 5.97 Å². The van der Waals surface area contributed by atoms with Crippen LogP contribution in [-0.4, -0.2) is 20.6 Å². The Morgan fingerprint density at radius 2 is 2.50 bits per heavy atom. The van der Waals surface area contributed by atoms with Crippen LogP contribution in [0.2, 0.25) is 0 Å². The molecule has 0 saturated carbocycles. The minimum atomic E-state index is -0.786. The van der Waals surface area contributed by atoms with Crippen molar-refractivity contribution in [3.05, 3.63) is 41.9 Å². The highest BCUT2D eigenvalue weighted by molar-refractivity contribution is 5.75. The van der Waals surface area contributed by atoms with E-state index in [1.165, 1.54) is 0 Å². The molecule has 1 aliphatic rings. The van der Waals surface area contributed by atoms with E-state index in [4.69, 9.17) is 4.42 Å². The SMILES string of the molecule is O=C(O)C1CCCn2cc(Cc3ccco3)nc21. The number of aryl methyl sites for hydroxylation is 1. The minimum absolute atomic E-state index is 0.468. The summed E-state index contributed by atoms with van der Waals surface area (Å²) in [5.74, 6) is 0.267. The Morgan fingerprint density at radius 1 is 1.61 bits per heavy atom. The van der Waals surface area contributed by atoms with E-state index >= 15 is 0 Å². The van der Waals surface area contributed by atoms with Crippen LogP contribution in [0.4, 0.5) is 0 Å². The Bertz CT molecular complexity index is 557. The predicted octanol–water partition coefficient (Wildman–Crippen LogP) is 2.03. The summed E-state index contributed by atoms with van der Waals surface area (Å²) in [7, 11) is 0. The number of imidazole rings is 1. The molecule has 2 aromatic rings. The zero-order valence-corrected chi connectivity index (χ0v) is 9.87. The Labute approximate surface area is 104 Å². The number of aliphatic carboxylic acids is 1. The van der Waals surface area contributed by atoms with E-state index in [-0.39, 0.29) is 0 Å². The van der Waals surface area contributed by atoms with Crippen LogP contribution in [0, 0.1) is 0 Å². The van der Waals surface area contributed by atoms with Crippen molar-refractivity contribution < 1.29 is 14.3 Å². The van der Waals surface area contributed by atoms with Crippen molar-refractivity contribution in [3.63, 3.8) is 0 Å². The summed E-state index contributed by atoms with van der Waals surface area (Å²) >= 11 is 0. The third-order valence-electron chi connectivity index (χ3n) is 3.29. The lowest BCUT2D eigenvalue weighted by molar-refractivity contribution is -0.139. The molecule has 1 N–H and O–H groups in total. The van der Waals surface area contributed by atoms with Gasteiger partial charge < -0.3 is 14.1 Å². The van der Waals surface area contributed by atoms with Gasteiger partial charge in [0.2, 0.25) is 0 Å². The number of carbonyl (C=O) groups is 1. The van der Waals surface area contributed by atoms with Gasteiger partial charge in [-0.05, 0) is 25.0 Å². The highest BCUT2D eigenvalue weighted by atomic mass is 16.4. The number of hydrogen-bond donors (Lipinski definition) is 1. The topological polar surface area (TPSA) is 68.3 Å². The predicted molar refractivity (Wildman–Crippen MR) is 63.4 cm³/mol. The monoisotopic (exact) mass is 246 g/mol. The maximum atomic E-state index is 11.2. The zero-order valence-electron chi connectivity index (χ0n) is 9.87. The third-order valence-corrected chi connectivity index (χ3v) is 3.29. The summed E-state index contributed by atoms with van der Waals surface area (Å²) in [6, 6.07) is 3.73. The van der Waals surface area contributed by atoms with E-state index in [1.54, 1.807) is 6.26 Å². The van der Waals surface area contributed by atoms with Crippen molar-refractivity contribution in [2.24, 2.45) is 0 Å². The molecule has 3 heterocycles. The molecule has 0 amide bonds. The first-order valence-electron chi connectivity index (χ1n) is 6.05. The molecule has 1 aliphatic heterocycles. The highest BCUT2D eigenvalue weighted by Gasteiger charge is 2.28. The maximum absolute atomic E-state index is 11.2. The van der Waals surface area contributed by atoms with Gasteiger partial charge in [-0.3, -0.25) is 4.79 Å². The molecule has 18 heavy (non-hydrogen) atoms. The van der Waals surface area contributed by atoms with Crippen molar-refractivity contribution in [2.75, 3.05) is 0 Å². The molecule has 1 unspecified atom stereocenters. The van der Waals surface area contributed by atoms with Crippen LogP contribution in [0.25, 0.3) is 0 Å². The number of hydrogen-bond acceptors (Lipinski definition) is 3. The molecule has 0 bridgehead atoms. The van der Waals surface area contributed by atoms with E-state index in [1.807, 2.05) is 22.9 Å². The van der Waals surface area contributed by atoms with Crippen molar-refractivity contribution in [3.8, 4) is 0 Å². The molecular weight excluding hydrogens is 232 g/mol. The number of aromatic nitrogens is 2. The Morgan fingerprint density at radius 3 is 3.22 bits per heavy atom. The second-order valence-electron chi connectivity index (χ2n) is 4.57. The van der Waals surface area contributed by atoms with Crippen molar-refractivity contribution in [2.45, 2.75) is 31.7 Å². The standard InChI is InChI=1S/C13H14N2O3/c16-13(17)11-4-1-5-15-8-9(14-12(11)15)7-10-3-2-6-18-10/h2-3,6,8,11H,1,4-5,7H2,(H,16,17). The largest absolute Gasteiger partial charge is 0.481 e. The molecule has 2 aromatic heterocycles. The Kier molecular flexibility index (Phi) is 2.66. The van der Waals surface area contributed by atoms with Gasteiger partial charge in [-0.1, -0.05) is 0 Å². The number of carboxylic acid groups (broad SMARTS) is 1. The van der Waals surface area contributed by atoms with Crippen LogP contribution < -0.4 is 0 Å². The number of rotatable bonds is 3. The summed E-state index contributed by atoms with van der Waals surface area (Å²) in [5, 5.41) is 9.18. The zero-order chi connectivity index (χ0) is 12.5. The molecule has 5 heteroatoms. The van der Waals surface area contributed by atoms with Crippen molar-refractivity contribution in [1.82, 2.24) is 9.55 Å². The van der Waals surface area contributed by atoms with Gasteiger partial charge in [0, 0.05) is 19.2 Å². The van der Waals surface area contributed by atoms with Crippen LogP contribution in [0.15, 0.2) is 29.0 Å². The normalized spacial score (nSPS) is 18.6. The molecule has 0 aliphatic carbocycles. The third kappa shape index (κ3) is 1.92. The maximum Gasteiger partial charge on any atom is 0.314 e. The average molecular weight is 246 g/mol. The first-order chi connectivity index (χ1) is 8.74. The minimum Gasteiger partial charge on any atom is -0.481 e. The lowest BCUT2D eigenvalue weighted by atomic mass is 9.99. The molecular formula is C13H14N2O3. The summed E-state index contributed by atoms with van der Waals surface area (Å²) in [6.45, 7) is 0.851. The average Bonchev–Trinajstić information content (AvgIpc) is 2.96. The van der Waals surface area contributed by atoms with E-state index < -0.39 is 11.9 Å². The van der Waals surface area contributed by atoms with Crippen LogP contribution in [-0.2, 0) is 17.8 Å². The van der Waals surface area contributed by atoms with Crippen LogP contribution >= 0.6 is 0 Å². The molecule has 0 radical (unpaired) electrons.